The van der Waals surface area contributed by atoms with Crippen LogP contribution in [-0.2, 0) is 11.3 Å². The number of anilines is 1. The van der Waals surface area contributed by atoms with Gasteiger partial charge in [0, 0.05) is 18.4 Å². The van der Waals surface area contributed by atoms with Gasteiger partial charge in [-0.3, -0.25) is 9.59 Å². The lowest BCUT2D eigenvalue weighted by Crippen LogP contribution is -2.36. The smallest absolute Gasteiger partial charge is 0.240 e. The molecule has 0 aliphatic heterocycles. The Bertz CT molecular complexity index is 507. The highest BCUT2D eigenvalue weighted by atomic mass is 79.9. The average molecular weight is 342 g/mol. The maximum Gasteiger partial charge on any atom is 0.240 e. The summed E-state index contributed by atoms with van der Waals surface area (Å²) in [5.74, 6) is -0.0353. The van der Waals surface area contributed by atoms with Gasteiger partial charge >= 0.3 is 0 Å². The number of carbonyl (C=O) groups excluding carboxylic acids is 1. The number of nitrogens with two attached hydrogens (primary N) is 1. The van der Waals surface area contributed by atoms with Gasteiger partial charge in [-0.25, -0.2) is 0 Å². The quantitative estimate of drug-likeness (QED) is 0.825. The summed E-state index contributed by atoms with van der Waals surface area (Å²) in [5.41, 5.74) is 5.50. The topological polar surface area (TPSA) is 77.1 Å². The lowest BCUT2D eigenvalue weighted by atomic mass is 10.1. The first-order chi connectivity index (χ1) is 9.56. The minimum absolute atomic E-state index is 0.0353. The zero-order chi connectivity index (χ0) is 14.5. The second kappa shape index (κ2) is 6.92. The fraction of sp³-hybridized carbons (Fsp3) is 0.571. The Morgan fingerprint density at radius 2 is 1.95 bits per heavy atom. The van der Waals surface area contributed by atoms with Crippen LogP contribution in [0.3, 0.4) is 0 Å². The SMILES string of the molecule is Nc1cn(CC(=O)NC2CCCCCC2)cc(Br)c1=O. The van der Waals surface area contributed by atoms with Crippen LogP contribution in [0.1, 0.15) is 38.5 Å². The molecule has 6 heteroatoms. The highest BCUT2D eigenvalue weighted by Gasteiger charge is 2.15. The van der Waals surface area contributed by atoms with E-state index in [-0.39, 0.29) is 29.6 Å². The molecule has 2 rings (SSSR count). The minimum atomic E-state index is -0.245. The Morgan fingerprint density at radius 3 is 2.55 bits per heavy atom. The van der Waals surface area contributed by atoms with E-state index in [1.807, 2.05) is 0 Å². The molecular formula is C14H20BrN3O2. The fourth-order valence-electron chi connectivity index (χ4n) is 2.57. The van der Waals surface area contributed by atoms with E-state index in [2.05, 4.69) is 21.2 Å². The molecule has 0 radical (unpaired) electrons. The van der Waals surface area contributed by atoms with E-state index in [4.69, 9.17) is 5.73 Å². The number of rotatable bonds is 3. The highest BCUT2D eigenvalue weighted by molar-refractivity contribution is 9.10. The van der Waals surface area contributed by atoms with Crippen molar-refractivity contribution in [1.82, 2.24) is 9.88 Å². The summed E-state index contributed by atoms with van der Waals surface area (Å²) in [7, 11) is 0. The van der Waals surface area contributed by atoms with Crippen LogP contribution in [0.4, 0.5) is 5.69 Å². The van der Waals surface area contributed by atoms with E-state index in [1.165, 1.54) is 31.9 Å². The minimum Gasteiger partial charge on any atom is -0.394 e. The van der Waals surface area contributed by atoms with Crippen LogP contribution < -0.4 is 16.5 Å². The maximum atomic E-state index is 12.0. The Morgan fingerprint density at radius 1 is 1.30 bits per heavy atom. The summed E-state index contributed by atoms with van der Waals surface area (Å²) in [4.78, 5) is 23.5. The lowest BCUT2D eigenvalue weighted by molar-refractivity contribution is -0.122. The van der Waals surface area contributed by atoms with Crippen LogP contribution >= 0.6 is 15.9 Å². The van der Waals surface area contributed by atoms with Crippen molar-refractivity contribution in [2.75, 3.05) is 5.73 Å². The standard InChI is InChI=1S/C14H20BrN3O2/c15-11-7-18(8-12(16)14(11)20)9-13(19)17-10-5-3-1-2-4-6-10/h7-8,10H,1-6,9,16H2,(H,17,19). The van der Waals surface area contributed by atoms with Gasteiger partial charge in [-0.15, -0.1) is 0 Å². The van der Waals surface area contributed by atoms with Crippen molar-refractivity contribution in [2.24, 2.45) is 0 Å². The monoisotopic (exact) mass is 341 g/mol. The number of hydrogen-bond acceptors (Lipinski definition) is 3. The van der Waals surface area contributed by atoms with E-state index >= 15 is 0 Å². The summed E-state index contributed by atoms with van der Waals surface area (Å²) in [6, 6.07) is 0.283. The number of amides is 1. The molecule has 1 aromatic heterocycles. The van der Waals surface area contributed by atoms with Gasteiger partial charge in [0.25, 0.3) is 0 Å². The molecule has 1 aliphatic rings. The molecule has 0 bridgehead atoms. The van der Waals surface area contributed by atoms with Crippen molar-refractivity contribution < 1.29 is 4.79 Å². The third-order valence-corrected chi connectivity index (χ3v) is 4.17. The van der Waals surface area contributed by atoms with Crippen LogP contribution in [0.25, 0.3) is 0 Å². The molecule has 1 aliphatic carbocycles. The summed E-state index contributed by atoms with van der Waals surface area (Å²) in [6.07, 6.45) is 10.1. The number of pyridine rings is 1. The third kappa shape index (κ3) is 4.10. The predicted octanol–water partition coefficient (Wildman–Crippen LogP) is 2.03. The molecule has 1 aromatic rings. The van der Waals surface area contributed by atoms with Gasteiger partial charge < -0.3 is 15.6 Å². The molecule has 110 valence electrons. The fourth-order valence-corrected chi connectivity index (χ4v) is 3.06. The number of hydrogen-bond donors (Lipinski definition) is 2. The average Bonchev–Trinajstić information content (AvgIpc) is 2.64. The number of nitrogens with one attached hydrogen (secondary N) is 1. The van der Waals surface area contributed by atoms with Crippen molar-refractivity contribution in [2.45, 2.75) is 51.1 Å². The Labute approximate surface area is 126 Å². The zero-order valence-corrected chi connectivity index (χ0v) is 13.0. The third-order valence-electron chi connectivity index (χ3n) is 3.61. The Kier molecular flexibility index (Phi) is 5.23. The van der Waals surface area contributed by atoms with E-state index in [1.54, 1.807) is 10.8 Å². The maximum absolute atomic E-state index is 12.0. The first-order valence-electron chi connectivity index (χ1n) is 7.00. The largest absolute Gasteiger partial charge is 0.394 e. The number of carbonyl (C=O) groups is 1. The number of nitrogens with zero attached hydrogens (tertiary/aromatic N) is 1. The van der Waals surface area contributed by atoms with E-state index in [0.717, 1.165) is 12.8 Å². The summed E-state index contributed by atoms with van der Waals surface area (Å²) in [6.45, 7) is 0.180. The van der Waals surface area contributed by atoms with Crippen molar-refractivity contribution in [1.29, 1.82) is 0 Å². The molecule has 0 saturated heterocycles. The number of aromatic nitrogens is 1. The molecule has 0 spiro atoms. The molecule has 3 N–H and O–H groups in total. The molecule has 1 heterocycles. The van der Waals surface area contributed by atoms with Gasteiger partial charge in [0.1, 0.15) is 6.54 Å². The van der Waals surface area contributed by atoms with E-state index < -0.39 is 0 Å². The van der Waals surface area contributed by atoms with Crippen molar-refractivity contribution in [3.8, 4) is 0 Å². The van der Waals surface area contributed by atoms with Crippen molar-refractivity contribution >= 4 is 27.5 Å². The van der Waals surface area contributed by atoms with Gasteiger partial charge in [0.05, 0.1) is 10.2 Å². The van der Waals surface area contributed by atoms with Gasteiger partial charge in [0.2, 0.25) is 11.3 Å². The van der Waals surface area contributed by atoms with Crippen LogP contribution in [0.2, 0.25) is 0 Å². The first kappa shape index (κ1) is 15.1. The van der Waals surface area contributed by atoms with Gasteiger partial charge in [-0.05, 0) is 28.8 Å². The molecule has 1 amide bonds. The molecule has 0 unspecified atom stereocenters. The summed E-state index contributed by atoms with van der Waals surface area (Å²) >= 11 is 3.15. The summed E-state index contributed by atoms with van der Waals surface area (Å²) < 4.78 is 2.01. The van der Waals surface area contributed by atoms with Crippen LogP contribution in [-0.4, -0.2) is 16.5 Å². The second-order valence-electron chi connectivity index (χ2n) is 5.32. The molecule has 0 atom stereocenters. The lowest BCUT2D eigenvalue weighted by Gasteiger charge is -2.17. The molecule has 20 heavy (non-hydrogen) atoms. The van der Waals surface area contributed by atoms with Crippen molar-refractivity contribution in [3.05, 3.63) is 27.1 Å². The van der Waals surface area contributed by atoms with E-state index in [0.29, 0.717) is 4.47 Å². The first-order valence-corrected chi connectivity index (χ1v) is 7.80. The molecular weight excluding hydrogens is 322 g/mol. The van der Waals surface area contributed by atoms with Crippen LogP contribution in [0.15, 0.2) is 21.7 Å². The van der Waals surface area contributed by atoms with Crippen LogP contribution in [0.5, 0.6) is 0 Å². The second-order valence-corrected chi connectivity index (χ2v) is 6.17. The van der Waals surface area contributed by atoms with Gasteiger partial charge in [0.15, 0.2) is 0 Å². The normalized spacial score (nSPS) is 16.6. The summed E-state index contributed by atoms with van der Waals surface area (Å²) in [5, 5.41) is 3.07. The zero-order valence-electron chi connectivity index (χ0n) is 11.4. The van der Waals surface area contributed by atoms with Gasteiger partial charge in [-0.2, -0.15) is 0 Å². The molecule has 1 fully saturated rings. The highest BCUT2D eigenvalue weighted by Crippen LogP contribution is 2.17. The molecule has 1 saturated carbocycles. The predicted molar refractivity (Wildman–Crippen MR) is 82.4 cm³/mol. The van der Waals surface area contributed by atoms with E-state index in [9.17, 15) is 9.59 Å². The van der Waals surface area contributed by atoms with Crippen LogP contribution in [0, 0.1) is 0 Å². The van der Waals surface area contributed by atoms with Crippen molar-refractivity contribution in [3.63, 3.8) is 0 Å². The molecule has 0 aromatic carbocycles. The number of nitrogen functional groups attached to an aromatic ring is 1. The number of halogens is 1. The molecule has 5 nitrogen and oxygen atoms in total. The Balaban J connectivity index is 1.95. The van der Waals surface area contributed by atoms with Gasteiger partial charge in [-0.1, -0.05) is 25.7 Å². The Hall–Kier alpha value is -1.30.